The van der Waals surface area contributed by atoms with Crippen molar-refractivity contribution in [2.45, 2.75) is 0 Å². The highest BCUT2D eigenvalue weighted by Crippen LogP contribution is 2.44. The van der Waals surface area contributed by atoms with Gasteiger partial charge in [0, 0.05) is 24.3 Å². The maximum Gasteiger partial charge on any atom is 0.259 e. The predicted molar refractivity (Wildman–Crippen MR) is 131 cm³/mol. The molecule has 0 aliphatic carbocycles. The third kappa shape index (κ3) is 3.89. The highest BCUT2D eigenvalue weighted by molar-refractivity contribution is 7.24. The Hall–Kier alpha value is -3.93. The van der Waals surface area contributed by atoms with Crippen LogP contribution in [0.15, 0.2) is 60.7 Å². The third-order valence-electron chi connectivity index (χ3n) is 5.57. The number of nitrogens with two attached hydrogens (primary N) is 1. The van der Waals surface area contributed by atoms with Crippen molar-refractivity contribution in [1.29, 1.82) is 5.26 Å². The molecule has 2 aromatic heterocycles. The van der Waals surface area contributed by atoms with Crippen LogP contribution < -0.4 is 11.1 Å². The molecule has 1 amide bonds. The van der Waals surface area contributed by atoms with E-state index in [1.807, 2.05) is 60.7 Å². The van der Waals surface area contributed by atoms with Crippen molar-refractivity contribution in [1.82, 2.24) is 9.88 Å². The van der Waals surface area contributed by atoms with Crippen LogP contribution in [0.25, 0.3) is 21.3 Å². The second-order valence-corrected chi connectivity index (χ2v) is 8.63. The molecule has 0 spiro atoms. The largest absolute Gasteiger partial charge is 0.383 e. The Morgan fingerprint density at radius 3 is 2.42 bits per heavy atom. The van der Waals surface area contributed by atoms with E-state index in [1.165, 1.54) is 11.3 Å². The summed E-state index contributed by atoms with van der Waals surface area (Å²) in [5.74, 6) is -0.0115. The van der Waals surface area contributed by atoms with Gasteiger partial charge in [-0.25, -0.2) is 4.98 Å². The van der Waals surface area contributed by atoms with Crippen LogP contribution in [-0.4, -0.2) is 42.1 Å². The molecule has 3 N–H and O–H groups in total. The van der Waals surface area contributed by atoms with Gasteiger partial charge in [-0.3, -0.25) is 4.79 Å². The molecule has 0 bridgehead atoms. The normalized spacial score (nSPS) is 13.6. The van der Waals surface area contributed by atoms with Gasteiger partial charge in [-0.2, -0.15) is 5.26 Å². The topological polar surface area (TPSA) is 104 Å². The highest BCUT2D eigenvalue weighted by atomic mass is 32.1. The van der Waals surface area contributed by atoms with Gasteiger partial charge in [-0.05, 0) is 17.7 Å². The molecule has 0 radical (unpaired) electrons. The fourth-order valence-corrected chi connectivity index (χ4v) is 5.20. The molecule has 1 saturated heterocycles. The maximum absolute atomic E-state index is 13.7. The number of para-hydroxylation sites is 1. The van der Waals surface area contributed by atoms with Gasteiger partial charge in [0.25, 0.3) is 5.91 Å². The molecular weight excluding hydrogens is 434 g/mol. The van der Waals surface area contributed by atoms with Crippen molar-refractivity contribution in [2.75, 3.05) is 37.4 Å². The van der Waals surface area contributed by atoms with Gasteiger partial charge in [-0.15, -0.1) is 11.3 Å². The minimum absolute atomic E-state index is 0.115. The van der Waals surface area contributed by atoms with Crippen LogP contribution in [0.5, 0.6) is 0 Å². The summed E-state index contributed by atoms with van der Waals surface area (Å²) in [6, 6.07) is 21.5. The Balaban J connectivity index is 1.77. The fraction of sp³-hybridized carbons (Fsp3) is 0.160. The average Bonchev–Trinajstić information content (AvgIpc) is 3.21. The first-order valence-electron chi connectivity index (χ1n) is 10.6. The zero-order valence-electron chi connectivity index (χ0n) is 17.7. The summed E-state index contributed by atoms with van der Waals surface area (Å²) in [7, 11) is 0. The Morgan fingerprint density at radius 2 is 1.76 bits per heavy atom. The molecule has 7 nitrogen and oxygen atoms in total. The number of amides is 1. The lowest BCUT2D eigenvalue weighted by atomic mass is 10.00. The van der Waals surface area contributed by atoms with Crippen LogP contribution in [0.1, 0.15) is 15.9 Å². The molecular formula is C25H21N5O2S. The minimum atomic E-state index is -0.126. The lowest BCUT2D eigenvalue weighted by Gasteiger charge is -2.27. The summed E-state index contributed by atoms with van der Waals surface area (Å²) >= 11 is 1.41. The number of nitriles is 1. The van der Waals surface area contributed by atoms with E-state index in [9.17, 15) is 10.1 Å². The van der Waals surface area contributed by atoms with E-state index >= 15 is 0 Å². The molecule has 4 aromatic rings. The first-order valence-corrected chi connectivity index (χ1v) is 11.4. The number of rotatable bonds is 4. The quantitative estimate of drug-likeness (QED) is 0.465. The first kappa shape index (κ1) is 20.9. The monoisotopic (exact) mass is 455 g/mol. The highest BCUT2D eigenvalue weighted by Gasteiger charge is 2.29. The average molecular weight is 456 g/mol. The maximum atomic E-state index is 13.7. The van der Waals surface area contributed by atoms with Crippen LogP contribution in [0, 0.1) is 11.3 Å². The summed E-state index contributed by atoms with van der Waals surface area (Å²) in [4.78, 5) is 20.0. The Morgan fingerprint density at radius 1 is 1.09 bits per heavy atom. The van der Waals surface area contributed by atoms with Crippen LogP contribution >= 0.6 is 11.3 Å². The number of nitrogen functional groups attached to an aromatic ring is 1. The van der Waals surface area contributed by atoms with E-state index in [0.717, 1.165) is 16.0 Å². The summed E-state index contributed by atoms with van der Waals surface area (Å²) in [6.07, 6.45) is 0. The summed E-state index contributed by atoms with van der Waals surface area (Å²) in [6.45, 7) is 2.02. The van der Waals surface area contributed by atoms with Crippen molar-refractivity contribution in [3.05, 3.63) is 71.8 Å². The van der Waals surface area contributed by atoms with E-state index in [2.05, 4.69) is 16.4 Å². The van der Waals surface area contributed by atoms with Crippen molar-refractivity contribution in [3.63, 3.8) is 0 Å². The number of fused-ring (bicyclic) bond motifs is 1. The predicted octanol–water partition coefficient (Wildman–Crippen LogP) is 4.63. The second kappa shape index (κ2) is 8.90. The minimum Gasteiger partial charge on any atom is -0.383 e. The number of carbonyl (C=O) groups is 1. The van der Waals surface area contributed by atoms with Gasteiger partial charge in [0.2, 0.25) is 0 Å². The molecule has 1 fully saturated rings. The van der Waals surface area contributed by atoms with Gasteiger partial charge < -0.3 is 20.7 Å². The van der Waals surface area contributed by atoms with Crippen molar-refractivity contribution >= 4 is 44.0 Å². The van der Waals surface area contributed by atoms with Crippen molar-refractivity contribution < 1.29 is 9.53 Å². The van der Waals surface area contributed by atoms with Gasteiger partial charge in [0.1, 0.15) is 28.0 Å². The SMILES string of the molecule is N#Cc1c(N)nc2c(C(=O)N3CCOCC3)c(Nc3ccccc3)sc2c1-c1ccccc1. The standard InChI is InChI=1S/C25H21N5O2S/c26-15-18-19(16-7-3-1-4-8-16)22-21(29-23(18)27)20(25(31)30-11-13-32-14-12-30)24(33-22)28-17-9-5-2-6-10-17/h1-10,28H,11-14H2,(H2,27,29). The molecule has 2 aromatic carbocycles. The summed E-state index contributed by atoms with van der Waals surface area (Å²) < 4.78 is 6.18. The van der Waals surface area contributed by atoms with E-state index in [0.29, 0.717) is 53.5 Å². The number of nitrogens with one attached hydrogen (secondary N) is 1. The van der Waals surface area contributed by atoms with E-state index in [-0.39, 0.29) is 11.7 Å². The zero-order chi connectivity index (χ0) is 22.8. The van der Waals surface area contributed by atoms with Crippen molar-refractivity contribution in [3.8, 4) is 17.2 Å². The van der Waals surface area contributed by atoms with Crippen LogP contribution in [0.4, 0.5) is 16.5 Å². The van der Waals surface area contributed by atoms with Gasteiger partial charge >= 0.3 is 0 Å². The molecule has 1 aliphatic rings. The lowest BCUT2D eigenvalue weighted by molar-refractivity contribution is 0.0305. The third-order valence-corrected chi connectivity index (χ3v) is 6.68. The molecule has 33 heavy (non-hydrogen) atoms. The number of benzene rings is 2. The number of aromatic nitrogens is 1. The van der Waals surface area contributed by atoms with Crippen LogP contribution in [-0.2, 0) is 4.74 Å². The molecule has 3 heterocycles. The smallest absolute Gasteiger partial charge is 0.259 e. The van der Waals surface area contributed by atoms with Gasteiger partial charge in [-0.1, -0.05) is 48.5 Å². The number of ether oxygens (including phenoxy) is 1. The molecule has 0 atom stereocenters. The molecule has 164 valence electrons. The lowest BCUT2D eigenvalue weighted by Crippen LogP contribution is -2.40. The first-order chi connectivity index (χ1) is 16.2. The number of hydrogen-bond donors (Lipinski definition) is 2. The Bertz CT molecular complexity index is 1360. The molecule has 0 unspecified atom stereocenters. The van der Waals surface area contributed by atoms with Crippen LogP contribution in [0.2, 0.25) is 0 Å². The number of pyridine rings is 1. The molecule has 8 heteroatoms. The number of anilines is 3. The van der Waals surface area contributed by atoms with Gasteiger partial charge in [0.05, 0.1) is 23.4 Å². The summed E-state index contributed by atoms with van der Waals surface area (Å²) in [5.41, 5.74) is 9.94. The number of nitrogens with zero attached hydrogens (tertiary/aromatic N) is 3. The van der Waals surface area contributed by atoms with E-state index < -0.39 is 0 Å². The second-order valence-electron chi connectivity index (χ2n) is 7.60. The molecule has 0 saturated carbocycles. The molecule has 5 rings (SSSR count). The Kier molecular flexibility index (Phi) is 5.65. The number of carbonyl (C=O) groups excluding carboxylic acids is 1. The molecule has 1 aliphatic heterocycles. The Labute approximate surface area is 195 Å². The van der Waals surface area contributed by atoms with E-state index in [4.69, 9.17) is 10.5 Å². The summed E-state index contributed by atoms with van der Waals surface area (Å²) in [5, 5.41) is 13.9. The van der Waals surface area contributed by atoms with E-state index in [1.54, 1.807) is 4.90 Å². The zero-order valence-corrected chi connectivity index (χ0v) is 18.6. The number of morpholine rings is 1. The number of thiophene rings is 1. The van der Waals surface area contributed by atoms with Gasteiger partial charge in [0.15, 0.2) is 0 Å². The fourth-order valence-electron chi connectivity index (χ4n) is 3.97. The van der Waals surface area contributed by atoms with Crippen molar-refractivity contribution in [2.24, 2.45) is 0 Å². The number of hydrogen-bond acceptors (Lipinski definition) is 7. The van der Waals surface area contributed by atoms with Crippen LogP contribution in [0.3, 0.4) is 0 Å².